The van der Waals surface area contributed by atoms with Gasteiger partial charge in [-0.05, 0) is 12.1 Å². The Morgan fingerprint density at radius 2 is 1.67 bits per heavy atom. The van der Waals surface area contributed by atoms with E-state index in [9.17, 15) is 8.42 Å². The number of hydrogen-bond acceptors (Lipinski definition) is 3. The van der Waals surface area contributed by atoms with Gasteiger partial charge in [0.15, 0.2) is 12.4 Å². The zero-order valence-corrected chi connectivity index (χ0v) is 13.5. The minimum absolute atomic E-state index is 0.0323. The minimum atomic E-state index is -3.76. The molecule has 1 heterocycles. The zero-order valence-electron chi connectivity index (χ0n) is 11.1. The molecule has 1 aromatic carbocycles. The van der Waals surface area contributed by atoms with Crippen LogP contribution < -0.4 is 15.0 Å². The number of anilines is 1. The maximum Gasteiger partial charge on any atom is 0.245 e. The summed E-state index contributed by atoms with van der Waals surface area (Å²) in [6.07, 6.45) is 3.05. The quantitative estimate of drug-likeness (QED) is 0.659. The molecule has 1 unspecified atom stereocenters. The number of nitrogen functional groups attached to an aromatic ring is 1. The Bertz CT molecular complexity index is 728. The third-order valence-corrected chi connectivity index (χ3v) is 5.01. The van der Waals surface area contributed by atoms with E-state index in [0.29, 0.717) is 0 Å². The van der Waals surface area contributed by atoms with Crippen molar-refractivity contribution in [1.82, 2.24) is 4.72 Å². The standard InChI is InChI=1S/C13H14Cl2N3O2S/c1-9(18-5-3-2-4-6-18)17-21(19,20)10-7-11(14)13(16)12(15)8-10/h2-9,17H,16H2,1H3/q+1. The number of nitrogens with zero attached hydrogens (tertiary/aromatic N) is 1. The minimum Gasteiger partial charge on any atom is -0.396 e. The molecule has 0 radical (unpaired) electrons. The summed E-state index contributed by atoms with van der Waals surface area (Å²) < 4.78 is 29.0. The molecule has 0 saturated carbocycles. The first-order valence-electron chi connectivity index (χ1n) is 6.04. The largest absolute Gasteiger partial charge is 0.396 e. The molecule has 2 rings (SSSR count). The van der Waals surface area contributed by atoms with Crippen molar-refractivity contribution in [3.63, 3.8) is 0 Å². The van der Waals surface area contributed by atoms with Gasteiger partial charge in [0, 0.05) is 19.1 Å². The first-order chi connectivity index (χ1) is 9.81. The summed E-state index contributed by atoms with van der Waals surface area (Å²) in [5, 5.41) is 0.200. The summed E-state index contributed by atoms with van der Waals surface area (Å²) in [6, 6.07) is 8.00. The van der Waals surface area contributed by atoms with Crippen LogP contribution in [0.1, 0.15) is 13.1 Å². The molecule has 1 atom stereocenters. The molecule has 5 nitrogen and oxygen atoms in total. The third-order valence-electron chi connectivity index (χ3n) is 2.87. The van der Waals surface area contributed by atoms with E-state index in [1.165, 1.54) is 12.1 Å². The Balaban J connectivity index is 2.31. The number of nitrogens with one attached hydrogen (secondary N) is 1. The molecular weight excluding hydrogens is 333 g/mol. The second-order valence-corrected chi connectivity index (χ2v) is 6.95. The summed E-state index contributed by atoms with van der Waals surface area (Å²) in [7, 11) is -3.76. The van der Waals surface area contributed by atoms with E-state index in [2.05, 4.69) is 4.72 Å². The highest BCUT2D eigenvalue weighted by molar-refractivity contribution is 7.89. The summed E-state index contributed by atoms with van der Waals surface area (Å²) in [5.41, 5.74) is 5.76. The topological polar surface area (TPSA) is 76.1 Å². The van der Waals surface area contributed by atoms with Gasteiger partial charge in [0.25, 0.3) is 0 Å². The van der Waals surface area contributed by atoms with Crippen molar-refractivity contribution in [2.45, 2.75) is 18.0 Å². The Hall–Kier alpha value is -1.34. The van der Waals surface area contributed by atoms with Crippen LogP contribution in [-0.2, 0) is 10.0 Å². The molecule has 0 spiro atoms. The van der Waals surface area contributed by atoms with Crippen LogP contribution in [0, 0.1) is 0 Å². The van der Waals surface area contributed by atoms with Crippen molar-refractivity contribution >= 4 is 38.9 Å². The first-order valence-corrected chi connectivity index (χ1v) is 8.28. The van der Waals surface area contributed by atoms with E-state index in [1.54, 1.807) is 23.9 Å². The number of halogens is 2. The van der Waals surface area contributed by atoms with Gasteiger partial charge in [0.1, 0.15) is 0 Å². The van der Waals surface area contributed by atoms with E-state index < -0.39 is 16.2 Å². The number of pyridine rings is 1. The second-order valence-electron chi connectivity index (χ2n) is 4.42. The molecule has 0 aliphatic carbocycles. The van der Waals surface area contributed by atoms with Gasteiger partial charge in [-0.3, -0.25) is 0 Å². The Labute approximate surface area is 133 Å². The monoisotopic (exact) mass is 346 g/mol. The third kappa shape index (κ3) is 3.65. The van der Waals surface area contributed by atoms with Crippen LogP contribution in [0.3, 0.4) is 0 Å². The van der Waals surface area contributed by atoms with Gasteiger partial charge in [0.2, 0.25) is 16.2 Å². The lowest BCUT2D eigenvalue weighted by Gasteiger charge is -2.11. The Morgan fingerprint density at radius 1 is 1.14 bits per heavy atom. The van der Waals surface area contributed by atoms with Gasteiger partial charge >= 0.3 is 0 Å². The van der Waals surface area contributed by atoms with Gasteiger partial charge in [-0.15, -0.1) is 4.72 Å². The van der Waals surface area contributed by atoms with E-state index in [-0.39, 0.29) is 20.6 Å². The maximum absolute atomic E-state index is 12.3. The van der Waals surface area contributed by atoms with E-state index in [0.717, 1.165) is 0 Å². The molecule has 0 amide bonds. The van der Waals surface area contributed by atoms with Gasteiger partial charge in [-0.25, -0.2) is 8.42 Å². The van der Waals surface area contributed by atoms with Crippen molar-refractivity contribution in [2.24, 2.45) is 0 Å². The molecule has 2 aromatic rings. The average Bonchev–Trinajstić information content (AvgIpc) is 2.44. The van der Waals surface area contributed by atoms with Crippen LogP contribution in [0.25, 0.3) is 0 Å². The normalized spacial score (nSPS) is 13.1. The molecule has 1 aromatic heterocycles. The van der Waals surface area contributed by atoms with E-state index in [4.69, 9.17) is 28.9 Å². The fourth-order valence-electron chi connectivity index (χ4n) is 1.74. The summed E-state index contributed by atoms with van der Waals surface area (Å²) >= 11 is 11.7. The summed E-state index contributed by atoms with van der Waals surface area (Å²) in [5.74, 6) is 0. The lowest BCUT2D eigenvalue weighted by molar-refractivity contribution is -0.722. The highest BCUT2D eigenvalue weighted by Gasteiger charge is 2.23. The molecule has 112 valence electrons. The van der Waals surface area contributed by atoms with Crippen molar-refractivity contribution in [3.05, 3.63) is 52.8 Å². The number of sulfonamides is 1. The molecule has 0 saturated heterocycles. The van der Waals surface area contributed by atoms with Gasteiger partial charge in [-0.1, -0.05) is 29.3 Å². The number of aromatic nitrogens is 1. The second kappa shape index (κ2) is 6.19. The lowest BCUT2D eigenvalue weighted by atomic mass is 10.3. The molecule has 0 aliphatic heterocycles. The van der Waals surface area contributed by atoms with Crippen molar-refractivity contribution in [3.8, 4) is 0 Å². The van der Waals surface area contributed by atoms with Crippen LogP contribution >= 0.6 is 23.2 Å². The Kier molecular flexibility index (Phi) is 4.73. The number of nitrogens with two attached hydrogens (primary N) is 1. The average molecular weight is 347 g/mol. The Morgan fingerprint density at radius 3 is 2.19 bits per heavy atom. The van der Waals surface area contributed by atoms with E-state index in [1.807, 2.05) is 18.2 Å². The highest BCUT2D eigenvalue weighted by Crippen LogP contribution is 2.30. The molecule has 8 heteroatoms. The summed E-state index contributed by atoms with van der Waals surface area (Å²) in [6.45, 7) is 1.72. The SMILES string of the molecule is CC(NS(=O)(=O)c1cc(Cl)c(N)c(Cl)c1)[n+]1ccccc1. The van der Waals surface area contributed by atoms with Gasteiger partial charge in [-0.2, -0.15) is 4.57 Å². The predicted octanol–water partition coefficient (Wildman–Crippen LogP) is 2.36. The summed E-state index contributed by atoms with van der Waals surface area (Å²) in [4.78, 5) is -0.0323. The molecule has 0 aliphatic rings. The first kappa shape index (κ1) is 16.0. The maximum atomic E-state index is 12.3. The highest BCUT2D eigenvalue weighted by atomic mass is 35.5. The van der Waals surface area contributed by atoms with E-state index >= 15 is 0 Å². The van der Waals surface area contributed by atoms with Crippen molar-refractivity contribution in [2.75, 3.05) is 5.73 Å². The van der Waals surface area contributed by atoms with Crippen molar-refractivity contribution in [1.29, 1.82) is 0 Å². The van der Waals surface area contributed by atoms with Crippen LogP contribution in [-0.4, -0.2) is 8.42 Å². The molecule has 21 heavy (non-hydrogen) atoms. The number of benzene rings is 1. The smallest absolute Gasteiger partial charge is 0.245 e. The fourth-order valence-corrected chi connectivity index (χ4v) is 3.61. The van der Waals surface area contributed by atoms with Crippen molar-refractivity contribution < 1.29 is 13.0 Å². The molecule has 3 N–H and O–H groups in total. The molecule has 0 fully saturated rings. The van der Waals surface area contributed by atoms with Gasteiger partial charge < -0.3 is 5.73 Å². The zero-order chi connectivity index (χ0) is 15.6. The predicted molar refractivity (Wildman–Crippen MR) is 82.5 cm³/mol. The molecular formula is C13H14Cl2N3O2S+. The fraction of sp³-hybridized carbons (Fsp3) is 0.154. The van der Waals surface area contributed by atoms with Crippen LogP contribution in [0.5, 0.6) is 0 Å². The number of rotatable bonds is 4. The number of hydrogen-bond donors (Lipinski definition) is 2. The van der Waals surface area contributed by atoms with Crippen LogP contribution in [0.15, 0.2) is 47.6 Å². The van der Waals surface area contributed by atoms with Crippen LogP contribution in [0.4, 0.5) is 5.69 Å². The van der Waals surface area contributed by atoms with Gasteiger partial charge in [0.05, 0.1) is 20.6 Å². The van der Waals surface area contributed by atoms with Crippen LogP contribution in [0.2, 0.25) is 10.0 Å². The molecule has 0 bridgehead atoms. The lowest BCUT2D eigenvalue weighted by Crippen LogP contribution is -2.47.